The van der Waals surface area contributed by atoms with Crippen LogP contribution in [0.3, 0.4) is 0 Å². The van der Waals surface area contributed by atoms with Crippen molar-refractivity contribution in [3.8, 4) is 62.3 Å². The first-order valence-corrected chi connectivity index (χ1v) is 18.4. The highest BCUT2D eigenvalue weighted by Crippen LogP contribution is 2.46. The lowest BCUT2D eigenvalue weighted by Gasteiger charge is -2.20. The molecule has 10 rings (SSSR count). The number of nitrogens with zero attached hydrogens (tertiary/aromatic N) is 3. The SMILES string of the molecule is N#Cc1ccc(-n2c3ccccc3c3cc(C#N)ccc32)c(-c2ccc(-c3ccccc3-c3c4ccccc4c(-c4ccccc4)c4ccccc34)cc2)c1. The number of para-hydroxylation sites is 1. The molecule has 3 nitrogen and oxygen atoms in total. The molecule has 0 fully saturated rings. The molecule has 1 heterocycles. The van der Waals surface area contributed by atoms with E-state index < -0.39 is 0 Å². The third-order valence-corrected chi connectivity index (χ3v) is 10.9. The third kappa shape index (κ3) is 5.19. The van der Waals surface area contributed by atoms with Crippen LogP contribution in [-0.4, -0.2) is 4.57 Å². The predicted molar refractivity (Wildman–Crippen MR) is 227 cm³/mol. The van der Waals surface area contributed by atoms with Crippen LogP contribution in [0.4, 0.5) is 0 Å². The molecule has 10 aromatic rings. The van der Waals surface area contributed by atoms with Crippen molar-refractivity contribution in [2.75, 3.05) is 0 Å². The maximum absolute atomic E-state index is 10.0. The van der Waals surface area contributed by atoms with Gasteiger partial charge in [-0.1, -0.05) is 146 Å². The second-order valence-corrected chi connectivity index (χ2v) is 13.9. The molecule has 0 amide bonds. The van der Waals surface area contributed by atoms with E-state index in [1.807, 2.05) is 48.5 Å². The standard InChI is InChI=1S/C52H31N3/c53-32-34-22-28-49(55-48-21-11-10-15-40(48)47-31-35(33-54)23-29-50(47)55)46(30-34)37-26-24-36(25-27-37)39-14-4-5-16-41(39)52-44-19-8-6-17-42(44)51(38-12-2-1-3-13-38)43-18-7-9-20-45(43)52/h1-31H. The molecule has 1 aromatic heterocycles. The summed E-state index contributed by atoms with van der Waals surface area (Å²) >= 11 is 0. The zero-order chi connectivity index (χ0) is 36.9. The Balaban J connectivity index is 1.15. The van der Waals surface area contributed by atoms with Crippen LogP contribution in [0.1, 0.15) is 11.1 Å². The van der Waals surface area contributed by atoms with Gasteiger partial charge in [-0.2, -0.15) is 10.5 Å². The number of rotatable bonds is 5. The van der Waals surface area contributed by atoms with E-state index in [-0.39, 0.29) is 0 Å². The lowest BCUT2D eigenvalue weighted by molar-refractivity contribution is 1.18. The molecule has 0 saturated carbocycles. The van der Waals surface area contributed by atoms with Gasteiger partial charge in [0.2, 0.25) is 0 Å². The first kappa shape index (κ1) is 32.0. The average Bonchev–Trinajstić information content (AvgIpc) is 3.59. The van der Waals surface area contributed by atoms with Crippen molar-refractivity contribution >= 4 is 43.4 Å². The molecule has 0 unspecified atom stereocenters. The normalized spacial score (nSPS) is 11.2. The van der Waals surface area contributed by atoms with Gasteiger partial charge in [0.25, 0.3) is 0 Å². The van der Waals surface area contributed by atoms with Gasteiger partial charge in [0.15, 0.2) is 0 Å². The molecular formula is C52H31N3. The van der Waals surface area contributed by atoms with E-state index in [0.29, 0.717) is 11.1 Å². The molecule has 0 radical (unpaired) electrons. The van der Waals surface area contributed by atoms with E-state index in [1.54, 1.807) is 0 Å². The second kappa shape index (κ2) is 13.0. The topological polar surface area (TPSA) is 52.5 Å². The zero-order valence-electron chi connectivity index (χ0n) is 29.7. The van der Waals surface area contributed by atoms with Gasteiger partial charge in [0.05, 0.1) is 40.0 Å². The highest BCUT2D eigenvalue weighted by atomic mass is 15.0. The van der Waals surface area contributed by atoms with Gasteiger partial charge in [-0.25, -0.2) is 0 Å². The van der Waals surface area contributed by atoms with Crippen LogP contribution in [0.2, 0.25) is 0 Å². The van der Waals surface area contributed by atoms with Crippen LogP contribution in [-0.2, 0) is 0 Å². The molecular weight excluding hydrogens is 667 g/mol. The summed E-state index contributed by atoms with van der Waals surface area (Å²) in [6, 6.07) is 70.4. The molecule has 9 aromatic carbocycles. The van der Waals surface area contributed by atoms with Crippen molar-refractivity contribution in [1.29, 1.82) is 10.5 Å². The third-order valence-electron chi connectivity index (χ3n) is 10.9. The van der Waals surface area contributed by atoms with E-state index in [0.717, 1.165) is 49.7 Å². The van der Waals surface area contributed by atoms with Crippen LogP contribution in [0.15, 0.2) is 188 Å². The second-order valence-electron chi connectivity index (χ2n) is 13.9. The molecule has 0 aliphatic rings. The van der Waals surface area contributed by atoms with Gasteiger partial charge >= 0.3 is 0 Å². The summed E-state index contributed by atoms with van der Waals surface area (Å²) in [4.78, 5) is 0. The first-order valence-electron chi connectivity index (χ1n) is 18.4. The van der Waals surface area contributed by atoms with E-state index in [1.165, 1.54) is 43.8 Å². The monoisotopic (exact) mass is 697 g/mol. The van der Waals surface area contributed by atoms with Gasteiger partial charge in [0, 0.05) is 16.3 Å². The summed E-state index contributed by atoms with van der Waals surface area (Å²) in [6.45, 7) is 0. The van der Waals surface area contributed by atoms with Gasteiger partial charge in [-0.3, -0.25) is 0 Å². The predicted octanol–water partition coefficient (Wildman–Crippen LogP) is 13.5. The number of aromatic nitrogens is 1. The molecule has 0 aliphatic heterocycles. The lowest BCUT2D eigenvalue weighted by Crippen LogP contribution is -1.98. The van der Waals surface area contributed by atoms with Gasteiger partial charge in [0.1, 0.15) is 0 Å². The molecule has 254 valence electrons. The van der Waals surface area contributed by atoms with Crippen molar-refractivity contribution in [3.05, 3.63) is 199 Å². The van der Waals surface area contributed by atoms with Crippen molar-refractivity contribution in [2.45, 2.75) is 0 Å². The van der Waals surface area contributed by atoms with E-state index in [2.05, 4.69) is 156 Å². The Bertz CT molecular complexity index is 3150. The average molecular weight is 698 g/mol. The first-order chi connectivity index (χ1) is 27.2. The quantitative estimate of drug-likeness (QED) is 0.168. The Labute approximate surface area is 318 Å². The van der Waals surface area contributed by atoms with Crippen molar-refractivity contribution < 1.29 is 0 Å². The summed E-state index contributed by atoms with van der Waals surface area (Å²) in [5.41, 5.74) is 13.3. The Kier molecular flexibility index (Phi) is 7.58. The number of benzene rings is 9. The highest BCUT2D eigenvalue weighted by molar-refractivity contribution is 6.22. The van der Waals surface area contributed by atoms with E-state index in [4.69, 9.17) is 0 Å². The van der Waals surface area contributed by atoms with E-state index in [9.17, 15) is 10.5 Å². The molecule has 0 atom stereocenters. The summed E-state index contributed by atoms with van der Waals surface area (Å²) < 4.78 is 2.25. The summed E-state index contributed by atoms with van der Waals surface area (Å²) in [7, 11) is 0. The fourth-order valence-corrected chi connectivity index (χ4v) is 8.45. The summed E-state index contributed by atoms with van der Waals surface area (Å²) in [5, 5.41) is 26.7. The van der Waals surface area contributed by atoms with Crippen molar-refractivity contribution in [2.24, 2.45) is 0 Å². The molecule has 0 saturated heterocycles. The molecule has 3 heteroatoms. The Morgan fingerprint density at radius 3 is 1.47 bits per heavy atom. The lowest BCUT2D eigenvalue weighted by atomic mass is 9.84. The molecule has 0 spiro atoms. The Morgan fingerprint density at radius 2 is 0.818 bits per heavy atom. The minimum Gasteiger partial charge on any atom is -0.309 e. The van der Waals surface area contributed by atoms with Gasteiger partial charge < -0.3 is 4.57 Å². The van der Waals surface area contributed by atoms with Crippen LogP contribution >= 0.6 is 0 Å². The number of hydrogen-bond acceptors (Lipinski definition) is 2. The zero-order valence-corrected chi connectivity index (χ0v) is 29.7. The van der Waals surface area contributed by atoms with Crippen molar-refractivity contribution in [3.63, 3.8) is 0 Å². The minimum atomic E-state index is 0.596. The highest BCUT2D eigenvalue weighted by Gasteiger charge is 2.20. The van der Waals surface area contributed by atoms with Gasteiger partial charge in [-0.05, 0) is 103 Å². The van der Waals surface area contributed by atoms with Crippen LogP contribution in [0.5, 0.6) is 0 Å². The maximum atomic E-state index is 10.0. The van der Waals surface area contributed by atoms with Crippen LogP contribution in [0.25, 0.3) is 93.5 Å². The van der Waals surface area contributed by atoms with Crippen molar-refractivity contribution in [1.82, 2.24) is 4.57 Å². The van der Waals surface area contributed by atoms with E-state index >= 15 is 0 Å². The molecule has 0 bridgehead atoms. The summed E-state index contributed by atoms with van der Waals surface area (Å²) in [6.07, 6.45) is 0. The van der Waals surface area contributed by atoms with Crippen LogP contribution in [0, 0.1) is 22.7 Å². The van der Waals surface area contributed by atoms with Crippen LogP contribution < -0.4 is 0 Å². The molecule has 0 N–H and O–H groups in total. The number of fused-ring (bicyclic) bond motifs is 5. The maximum Gasteiger partial charge on any atom is 0.0991 e. The van der Waals surface area contributed by atoms with Gasteiger partial charge in [-0.15, -0.1) is 0 Å². The Hall–Kier alpha value is -7.72. The number of nitriles is 2. The molecule has 55 heavy (non-hydrogen) atoms. The minimum absolute atomic E-state index is 0.596. The Morgan fingerprint density at radius 1 is 0.327 bits per heavy atom. The summed E-state index contributed by atoms with van der Waals surface area (Å²) in [5.74, 6) is 0. The molecule has 0 aliphatic carbocycles. The largest absolute Gasteiger partial charge is 0.309 e. The fourth-order valence-electron chi connectivity index (χ4n) is 8.45. The smallest absolute Gasteiger partial charge is 0.0991 e. The fraction of sp³-hybridized carbons (Fsp3) is 0. The number of hydrogen-bond donors (Lipinski definition) is 0.